The fourth-order valence-corrected chi connectivity index (χ4v) is 4.89. The van der Waals surface area contributed by atoms with Crippen molar-refractivity contribution >= 4 is 40.2 Å². The molecule has 0 unspecified atom stereocenters. The second-order valence-corrected chi connectivity index (χ2v) is 9.68. The maximum absolute atomic E-state index is 12.9. The Morgan fingerprint density at radius 1 is 1.37 bits per heavy atom. The molecule has 2 N–H and O–H groups in total. The average molecular weight is 412 g/mol. The van der Waals surface area contributed by atoms with Crippen LogP contribution in [0.3, 0.4) is 0 Å². The maximum atomic E-state index is 12.9. The van der Waals surface area contributed by atoms with E-state index in [-0.39, 0.29) is 18.5 Å². The van der Waals surface area contributed by atoms with E-state index in [1.54, 1.807) is 6.20 Å². The number of carbonyl (C=O) groups excluding carboxylic acids is 1. The van der Waals surface area contributed by atoms with Gasteiger partial charge in [0.2, 0.25) is 0 Å². The summed E-state index contributed by atoms with van der Waals surface area (Å²) in [5.41, 5.74) is 1.20. The minimum absolute atomic E-state index is 0.108. The third kappa shape index (κ3) is 7.54. The van der Waals surface area contributed by atoms with Gasteiger partial charge >= 0.3 is 12.0 Å². The zero-order valence-electron chi connectivity index (χ0n) is 16.2. The second-order valence-electron chi connectivity index (χ2n) is 7.25. The molecular weight excluding hydrogens is 382 g/mol. The molecule has 0 atom stereocenters. The number of carboxylic acids is 1. The largest absolute Gasteiger partial charge is 0.481 e. The lowest BCUT2D eigenvalue weighted by molar-refractivity contribution is -0.136. The first-order chi connectivity index (χ1) is 12.8. The normalized spacial score (nSPS) is 19.4. The Morgan fingerprint density at radius 3 is 2.70 bits per heavy atom. The van der Waals surface area contributed by atoms with Crippen molar-refractivity contribution in [2.45, 2.75) is 63.1 Å². The van der Waals surface area contributed by atoms with Gasteiger partial charge in [-0.05, 0) is 45.4 Å². The van der Waals surface area contributed by atoms with Gasteiger partial charge in [-0.1, -0.05) is 29.9 Å². The molecule has 0 spiro atoms. The molecule has 0 aromatic carbocycles. The van der Waals surface area contributed by atoms with Gasteiger partial charge in [0.1, 0.15) is 0 Å². The Labute approximate surface area is 169 Å². The van der Waals surface area contributed by atoms with Crippen LogP contribution in [-0.2, 0) is 4.79 Å². The van der Waals surface area contributed by atoms with E-state index in [9.17, 15) is 9.59 Å². The molecule has 1 fully saturated rings. The minimum Gasteiger partial charge on any atom is -0.481 e. The third-order valence-corrected chi connectivity index (χ3v) is 6.75. The van der Waals surface area contributed by atoms with Crippen LogP contribution in [-0.4, -0.2) is 45.3 Å². The number of hydrogen-bond acceptors (Lipinski definition) is 5. The Bertz CT molecular complexity index is 663. The molecule has 150 valence electrons. The lowest BCUT2D eigenvalue weighted by atomic mass is 9.86. The number of nitrogens with zero attached hydrogens (tertiary/aromatic N) is 2. The number of urea groups is 1. The number of anilines is 1. The molecule has 0 saturated heterocycles. The summed E-state index contributed by atoms with van der Waals surface area (Å²) in [7, 11) is 0. The van der Waals surface area contributed by atoms with Gasteiger partial charge in [-0.3, -0.25) is 10.1 Å². The van der Waals surface area contributed by atoms with Crippen molar-refractivity contribution < 1.29 is 14.7 Å². The van der Waals surface area contributed by atoms with Crippen molar-refractivity contribution in [3.05, 3.63) is 17.8 Å². The molecule has 1 saturated carbocycles. The van der Waals surface area contributed by atoms with E-state index in [0.29, 0.717) is 17.4 Å². The topological polar surface area (TPSA) is 82.5 Å². The molecule has 1 aliphatic carbocycles. The van der Waals surface area contributed by atoms with Crippen LogP contribution in [0, 0.1) is 5.92 Å². The first-order valence-electron chi connectivity index (χ1n) is 9.36. The van der Waals surface area contributed by atoms with E-state index in [0.717, 1.165) is 35.8 Å². The fraction of sp³-hybridized carbons (Fsp3) is 0.632. The fourth-order valence-electron chi connectivity index (χ4n) is 3.02. The minimum atomic E-state index is -0.808. The summed E-state index contributed by atoms with van der Waals surface area (Å²) in [6.45, 7) is 6.97. The van der Waals surface area contributed by atoms with Crippen LogP contribution < -0.4 is 5.32 Å². The van der Waals surface area contributed by atoms with Crippen molar-refractivity contribution in [2.24, 2.45) is 5.92 Å². The lowest BCUT2D eigenvalue weighted by Gasteiger charge is -2.35. The van der Waals surface area contributed by atoms with E-state index in [2.05, 4.69) is 23.3 Å². The Balaban J connectivity index is 1.97. The molecule has 1 heterocycles. The summed E-state index contributed by atoms with van der Waals surface area (Å²) >= 11 is 2.83. The van der Waals surface area contributed by atoms with Gasteiger partial charge in [0.05, 0.1) is 16.8 Å². The van der Waals surface area contributed by atoms with Crippen molar-refractivity contribution in [3.63, 3.8) is 0 Å². The molecule has 1 aromatic rings. The van der Waals surface area contributed by atoms with E-state index in [1.807, 2.05) is 18.7 Å². The maximum Gasteiger partial charge on any atom is 0.324 e. The number of rotatable bonds is 8. The number of aliphatic carboxylic acids is 1. The highest BCUT2D eigenvalue weighted by Crippen LogP contribution is 2.30. The summed E-state index contributed by atoms with van der Waals surface area (Å²) in [5, 5.41) is 12.2. The van der Waals surface area contributed by atoms with Gasteiger partial charge in [0.25, 0.3) is 0 Å². The smallest absolute Gasteiger partial charge is 0.324 e. The van der Waals surface area contributed by atoms with Crippen LogP contribution >= 0.6 is 23.1 Å². The lowest BCUT2D eigenvalue weighted by Crippen LogP contribution is -2.44. The average Bonchev–Trinajstić information content (AvgIpc) is 3.03. The SMILES string of the molecule is CC(C)=CCN(C(=O)Nc1ncc(SCCC(=O)O)s1)[C@H]1CC[C@H](C)CC1. The number of aromatic nitrogens is 1. The van der Waals surface area contributed by atoms with Gasteiger partial charge < -0.3 is 10.0 Å². The number of allylic oxidation sites excluding steroid dienone is 1. The van der Waals surface area contributed by atoms with E-state index in [1.165, 1.54) is 28.7 Å². The van der Waals surface area contributed by atoms with Crippen LogP contribution in [0.5, 0.6) is 0 Å². The van der Waals surface area contributed by atoms with Crippen LogP contribution in [0.25, 0.3) is 0 Å². The number of thiazole rings is 1. The number of thioether (sulfide) groups is 1. The summed E-state index contributed by atoms with van der Waals surface area (Å²) in [6, 6.07) is 0.157. The molecule has 0 radical (unpaired) electrons. The first-order valence-corrected chi connectivity index (χ1v) is 11.2. The standard InChI is InChI=1S/C19H29N3O3S2/c1-13(2)8-10-22(15-6-4-14(3)5-7-15)19(25)21-18-20-12-17(27-18)26-11-9-16(23)24/h8,12,14-15H,4-7,9-11H2,1-3H3,(H,23,24)(H,20,21,25)/t14-,15-. The quantitative estimate of drug-likeness (QED) is 0.460. The number of nitrogens with one attached hydrogen (secondary N) is 1. The Kier molecular flexibility index (Phi) is 8.63. The van der Waals surface area contributed by atoms with Gasteiger partial charge in [0, 0.05) is 18.3 Å². The molecule has 6 nitrogen and oxygen atoms in total. The number of amides is 2. The predicted molar refractivity (Wildman–Crippen MR) is 112 cm³/mol. The van der Waals surface area contributed by atoms with Gasteiger partial charge in [-0.15, -0.1) is 11.8 Å². The van der Waals surface area contributed by atoms with Crippen LogP contribution in [0.2, 0.25) is 0 Å². The number of carboxylic acid groups (broad SMARTS) is 1. The van der Waals surface area contributed by atoms with Crippen LogP contribution in [0.4, 0.5) is 9.93 Å². The molecule has 2 amide bonds. The Hall–Kier alpha value is -1.54. The molecule has 1 aliphatic rings. The van der Waals surface area contributed by atoms with Crippen molar-refractivity contribution in [2.75, 3.05) is 17.6 Å². The van der Waals surface area contributed by atoms with Gasteiger partial charge in [-0.25, -0.2) is 9.78 Å². The van der Waals surface area contributed by atoms with E-state index >= 15 is 0 Å². The Morgan fingerprint density at radius 2 is 2.07 bits per heavy atom. The van der Waals surface area contributed by atoms with Crippen LogP contribution in [0.15, 0.2) is 22.1 Å². The highest BCUT2D eigenvalue weighted by Gasteiger charge is 2.27. The van der Waals surface area contributed by atoms with E-state index < -0.39 is 5.97 Å². The monoisotopic (exact) mass is 411 g/mol. The third-order valence-electron chi connectivity index (χ3n) is 4.64. The van der Waals surface area contributed by atoms with Crippen LogP contribution in [0.1, 0.15) is 52.9 Å². The summed E-state index contributed by atoms with van der Waals surface area (Å²) < 4.78 is 0.911. The predicted octanol–water partition coefficient (Wildman–Crippen LogP) is 5.09. The summed E-state index contributed by atoms with van der Waals surface area (Å²) in [5.74, 6) is 0.425. The summed E-state index contributed by atoms with van der Waals surface area (Å²) in [4.78, 5) is 29.7. The molecule has 0 bridgehead atoms. The molecule has 0 aliphatic heterocycles. The van der Waals surface area contributed by atoms with Gasteiger partial charge in [-0.2, -0.15) is 0 Å². The number of carbonyl (C=O) groups is 2. The summed E-state index contributed by atoms with van der Waals surface area (Å²) in [6.07, 6.45) is 8.29. The molecule has 1 aromatic heterocycles. The van der Waals surface area contributed by atoms with Crippen molar-refractivity contribution in [1.82, 2.24) is 9.88 Å². The first kappa shape index (κ1) is 21.8. The highest BCUT2D eigenvalue weighted by molar-refractivity contribution is 8.01. The molecule has 27 heavy (non-hydrogen) atoms. The van der Waals surface area contributed by atoms with Crippen molar-refractivity contribution in [3.8, 4) is 0 Å². The number of hydrogen-bond donors (Lipinski definition) is 2. The molecular formula is C19H29N3O3S2. The molecule has 2 rings (SSSR count). The zero-order valence-corrected chi connectivity index (χ0v) is 17.9. The highest BCUT2D eigenvalue weighted by atomic mass is 32.2. The van der Waals surface area contributed by atoms with E-state index in [4.69, 9.17) is 5.11 Å². The molecule has 8 heteroatoms. The second kappa shape index (κ2) is 10.7. The zero-order chi connectivity index (χ0) is 19.8. The van der Waals surface area contributed by atoms with Crippen molar-refractivity contribution in [1.29, 1.82) is 0 Å². The van der Waals surface area contributed by atoms with Gasteiger partial charge in [0.15, 0.2) is 5.13 Å².